The number of hydrogen-bond acceptors (Lipinski definition) is 3. The third kappa shape index (κ3) is 6.04. The van der Waals surface area contributed by atoms with Gasteiger partial charge in [0.05, 0.1) is 17.2 Å². The average Bonchev–Trinajstić information content (AvgIpc) is 2.61. The average molecular weight is 409 g/mol. The van der Waals surface area contributed by atoms with Crippen LogP contribution in [0.1, 0.15) is 38.3 Å². The Labute approximate surface area is 159 Å². The fraction of sp³-hybridized carbons (Fsp3) is 0.556. The summed E-state index contributed by atoms with van der Waals surface area (Å²) < 4.78 is 78.8. The molecule has 0 heterocycles. The molecule has 1 aromatic carbocycles. The highest BCUT2D eigenvalue weighted by atomic mass is 19.4. The number of benzene rings is 1. The van der Waals surface area contributed by atoms with E-state index in [1.165, 1.54) is 17.9 Å². The largest absolute Gasteiger partial charge is 0.417 e. The summed E-state index contributed by atoms with van der Waals surface area (Å²) in [6.45, 7) is 3.66. The van der Waals surface area contributed by atoms with E-state index in [1.807, 2.05) is 0 Å². The van der Waals surface area contributed by atoms with Crippen molar-refractivity contribution in [3.05, 3.63) is 29.3 Å². The number of likely N-dealkylation sites (N-methyl/N-ethyl adjacent to an activating group) is 1. The second-order valence-corrected chi connectivity index (χ2v) is 6.18. The smallest absolute Gasteiger partial charge is 0.351 e. The van der Waals surface area contributed by atoms with Gasteiger partial charge in [-0.3, -0.25) is 4.79 Å². The predicted octanol–water partition coefficient (Wildman–Crippen LogP) is 4.59. The summed E-state index contributed by atoms with van der Waals surface area (Å²) in [6.07, 6.45) is -9.08. The summed E-state index contributed by atoms with van der Waals surface area (Å²) in [4.78, 5) is 14.5. The van der Waals surface area contributed by atoms with Gasteiger partial charge in [-0.25, -0.2) is 0 Å². The topological polar surface area (TPSA) is 47.3 Å². The lowest BCUT2D eigenvalue weighted by molar-refractivity contribution is -0.137. The van der Waals surface area contributed by atoms with Crippen LogP contribution in [-0.2, 0) is 11.0 Å². The zero-order valence-electron chi connectivity index (χ0n) is 15.7. The van der Waals surface area contributed by atoms with E-state index in [0.29, 0.717) is 23.9 Å². The monoisotopic (exact) mass is 409 g/mol. The molecule has 28 heavy (non-hydrogen) atoms. The number of hydrogen-bond donors (Lipinski definition) is 0. The Balaban J connectivity index is 3.43. The zero-order chi connectivity index (χ0) is 21.7. The van der Waals surface area contributed by atoms with Gasteiger partial charge in [-0.1, -0.05) is 6.92 Å². The van der Waals surface area contributed by atoms with Gasteiger partial charge in [0.25, 0.3) is 0 Å². The first-order valence-corrected chi connectivity index (χ1v) is 8.59. The number of halogens is 6. The quantitative estimate of drug-likeness (QED) is 0.619. The van der Waals surface area contributed by atoms with Crippen molar-refractivity contribution < 1.29 is 31.1 Å². The molecule has 4 nitrogen and oxygen atoms in total. The van der Waals surface area contributed by atoms with Gasteiger partial charge in [-0.2, -0.15) is 31.6 Å². The van der Waals surface area contributed by atoms with Gasteiger partial charge < -0.3 is 9.80 Å². The minimum atomic E-state index is -4.92. The molecule has 0 aliphatic heterocycles. The lowest BCUT2D eigenvalue weighted by atomic mass is 10.1. The fourth-order valence-electron chi connectivity index (χ4n) is 2.78. The van der Waals surface area contributed by atoms with Crippen LogP contribution in [0.2, 0.25) is 0 Å². The Morgan fingerprint density at radius 1 is 1.18 bits per heavy atom. The maximum atomic E-state index is 13.2. The minimum Gasteiger partial charge on any atom is -0.351 e. The molecule has 0 fully saturated rings. The highest BCUT2D eigenvalue weighted by Gasteiger charge is 2.38. The van der Waals surface area contributed by atoms with Crippen molar-refractivity contribution in [3.63, 3.8) is 0 Å². The van der Waals surface area contributed by atoms with E-state index in [2.05, 4.69) is 0 Å². The van der Waals surface area contributed by atoms with E-state index in [9.17, 15) is 31.1 Å². The van der Waals surface area contributed by atoms with Crippen molar-refractivity contribution in [2.24, 2.45) is 0 Å². The van der Waals surface area contributed by atoms with Crippen LogP contribution in [0.25, 0.3) is 0 Å². The molecule has 1 rings (SSSR count). The minimum absolute atomic E-state index is 0.262. The van der Waals surface area contributed by atoms with Crippen LogP contribution in [0.3, 0.4) is 0 Å². The summed E-state index contributed by atoms with van der Waals surface area (Å²) in [5, 5.41) is 8.85. The second-order valence-electron chi connectivity index (χ2n) is 6.18. The number of anilines is 1. The molecule has 156 valence electrons. The molecule has 10 heteroatoms. The number of carbonyl (C=O) groups excluding carboxylic acids is 1. The Hall–Kier alpha value is -2.44. The van der Waals surface area contributed by atoms with Crippen molar-refractivity contribution >= 4 is 11.6 Å². The third-order valence-corrected chi connectivity index (χ3v) is 4.12. The molecular formula is C18H21F6N3O. The normalized spacial score (nSPS) is 13.0. The predicted molar refractivity (Wildman–Crippen MR) is 91.6 cm³/mol. The van der Waals surface area contributed by atoms with Gasteiger partial charge in [0.2, 0.25) is 5.91 Å². The SMILES string of the molecule is CCCN(CC)C(=O)[C@H](C)N(CC(F)(F)F)c1ccc(C#N)c(C(F)(F)F)c1. The third-order valence-electron chi connectivity index (χ3n) is 4.12. The summed E-state index contributed by atoms with van der Waals surface area (Å²) in [6, 6.07) is 2.30. The highest BCUT2D eigenvalue weighted by Crippen LogP contribution is 2.35. The van der Waals surface area contributed by atoms with Crippen LogP contribution >= 0.6 is 0 Å². The lowest BCUT2D eigenvalue weighted by Gasteiger charge is -2.34. The maximum absolute atomic E-state index is 13.2. The standard InChI is InChI=1S/C18H21F6N3O/c1-4-8-26(5-2)16(28)12(3)27(11-17(19,20)21)14-7-6-13(10-25)15(9-14)18(22,23)24/h6-7,9,12H,4-5,8,11H2,1-3H3/t12-/m0/s1. The summed E-state index contributed by atoms with van der Waals surface area (Å²) in [7, 11) is 0. The Morgan fingerprint density at radius 2 is 1.79 bits per heavy atom. The fourth-order valence-corrected chi connectivity index (χ4v) is 2.78. The summed E-state index contributed by atoms with van der Waals surface area (Å²) in [5.74, 6) is -0.619. The number of alkyl halides is 6. The number of nitriles is 1. The summed E-state index contributed by atoms with van der Waals surface area (Å²) in [5.41, 5.74) is -2.49. The van der Waals surface area contributed by atoms with Crippen LogP contribution < -0.4 is 4.90 Å². The molecule has 0 spiro atoms. The second kappa shape index (κ2) is 9.17. The maximum Gasteiger partial charge on any atom is 0.417 e. The molecule has 1 amide bonds. The molecule has 1 atom stereocenters. The number of amides is 1. The van der Waals surface area contributed by atoms with Crippen LogP contribution in [0.15, 0.2) is 18.2 Å². The number of rotatable bonds is 7. The first-order valence-electron chi connectivity index (χ1n) is 8.59. The van der Waals surface area contributed by atoms with E-state index < -0.39 is 47.7 Å². The van der Waals surface area contributed by atoms with Crippen molar-refractivity contribution in [1.82, 2.24) is 4.90 Å². The lowest BCUT2D eigenvalue weighted by Crippen LogP contribution is -2.50. The molecule has 0 saturated heterocycles. The number of carbonyl (C=O) groups is 1. The van der Waals surface area contributed by atoms with Gasteiger partial charge in [-0.15, -0.1) is 0 Å². The molecule has 0 aromatic heterocycles. The molecule has 0 bridgehead atoms. The summed E-state index contributed by atoms with van der Waals surface area (Å²) >= 11 is 0. The van der Waals surface area contributed by atoms with Crippen molar-refractivity contribution in [2.45, 2.75) is 45.6 Å². The Bertz CT molecular complexity index is 724. The van der Waals surface area contributed by atoms with Crippen LogP contribution in [0.4, 0.5) is 32.0 Å². The first kappa shape index (κ1) is 23.6. The molecule has 1 aromatic rings. The number of nitrogens with zero attached hydrogens (tertiary/aromatic N) is 3. The molecule has 0 radical (unpaired) electrons. The van der Waals surface area contributed by atoms with Crippen LogP contribution in [-0.4, -0.2) is 42.7 Å². The highest BCUT2D eigenvalue weighted by molar-refractivity contribution is 5.85. The molecule has 0 unspecified atom stereocenters. The van der Waals surface area contributed by atoms with Crippen molar-refractivity contribution in [3.8, 4) is 6.07 Å². The Kier molecular flexibility index (Phi) is 7.73. The molecule has 0 aliphatic rings. The van der Waals surface area contributed by atoms with E-state index in [-0.39, 0.29) is 6.54 Å². The van der Waals surface area contributed by atoms with Gasteiger partial charge in [0, 0.05) is 18.8 Å². The van der Waals surface area contributed by atoms with Gasteiger partial charge >= 0.3 is 12.4 Å². The van der Waals surface area contributed by atoms with E-state index in [4.69, 9.17) is 5.26 Å². The van der Waals surface area contributed by atoms with Crippen LogP contribution in [0, 0.1) is 11.3 Å². The van der Waals surface area contributed by atoms with E-state index in [1.54, 1.807) is 13.8 Å². The van der Waals surface area contributed by atoms with Crippen molar-refractivity contribution in [1.29, 1.82) is 5.26 Å². The molecule has 0 aliphatic carbocycles. The molecular weight excluding hydrogens is 388 g/mol. The Morgan fingerprint density at radius 3 is 2.21 bits per heavy atom. The first-order chi connectivity index (χ1) is 12.9. The molecule has 0 saturated carbocycles. The van der Waals surface area contributed by atoms with E-state index >= 15 is 0 Å². The zero-order valence-corrected chi connectivity index (χ0v) is 15.7. The van der Waals surface area contributed by atoms with Gasteiger partial charge in [0.1, 0.15) is 12.6 Å². The van der Waals surface area contributed by atoms with Gasteiger partial charge in [0.15, 0.2) is 0 Å². The van der Waals surface area contributed by atoms with Crippen molar-refractivity contribution in [2.75, 3.05) is 24.5 Å². The molecule has 0 N–H and O–H groups in total. The van der Waals surface area contributed by atoms with E-state index in [0.717, 1.165) is 12.1 Å². The van der Waals surface area contributed by atoms with Crippen LogP contribution in [0.5, 0.6) is 0 Å². The van der Waals surface area contributed by atoms with Gasteiger partial charge in [-0.05, 0) is 38.5 Å².